The van der Waals surface area contributed by atoms with Crippen molar-refractivity contribution in [3.8, 4) is 22.8 Å². The monoisotopic (exact) mass is 245 g/mol. The van der Waals surface area contributed by atoms with Gasteiger partial charge in [0.25, 0.3) is 0 Å². The molecular formula is C13H15N3O2. The van der Waals surface area contributed by atoms with E-state index in [-0.39, 0.29) is 0 Å². The number of nitrogens with zero attached hydrogens (tertiary/aromatic N) is 2. The largest absolute Gasteiger partial charge is 0.497 e. The number of rotatable bonds is 4. The fourth-order valence-corrected chi connectivity index (χ4v) is 1.70. The minimum Gasteiger partial charge on any atom is -0.497 e. The third-order valence-electron chi connectivity index (χ3n) is 2.61. The summed E-state index contributed by atoms with van der Waals surface area (Å²) >= 11 is 0. The Morgan fingerprint density at radius 3 is 2.28 bits per heavy atom. The summed E-state index contributed by atoms with van der Waals surface area (Å²) in [4.78, 5) is 8.38. The third-order valence-corrected chi connectivity index (χ3v) is 2.61. The zero-order valence-electron chi connectivity index (χ0n) is 10.6. The van der Waals surface area contributed by atoms with Crippen LogP contribution >= 0.6 is 0 Å². The fourth-order valence-electron chi connectivity index (χ4n) is 1.70. The van der Waals surface area contributed by atoms with Crippen molar-refractivity contribution in [1.82, 2.24) is 9.97 Å². The topological polar surface area (TPSA) is 56.3 Å². The first kappa shape index (κ1) is 12.2. The van der Waals surface area contributed by atoms with Crippen LogP contribution in [-0.2, 0) is 0 Å². The van der Waals surface area contributed by atoms with Gasteiger partial charge in [0.1, 0.15) is 17.8 Å². The van der Waals surface area contributed by atoms with Gasteiger partial charge in [-0.05, 0) is 24.3 Å². The summed E-state index contributed by atoms with van der Waals surface area (Å²) in [6, 6.07) is 7.64. The molecule has 0 fully saturated rings. The maximum atomic E-state index is 5.36. The molecule has 0 radical (unpaired) electrons. The van der Waals surface area contributed by atoms with Crippen LogP contribution in [0.5, 0.6) is 11.5 Å². The Kier molecular flexibility index (Phi) is 3.62. The molecule has 0 atom stereocenters. The number of benzene rings is 1. The lowest BCUT2D eigenvalue weighted by molar-refractivity contribution is 0.413. The molecular weight excluding hydrogens is 230 g/mol. The number of aromatic nitrogens is 2. The Morgan fingerprint density at radius 2 is 1.72 bits per heavy atom. The first-order chi connectivity index (χ1) is 8.80. The van der Waals surface area contributed by atoms with Crippen LogP contribution in [0.3, 0.4) is 0 Å². The summed E-state index contributed by atoms with van der Waals surface area (Å²) in [5.74, 6) is 2.10. The lowest BCUT2D eigenvalue weighted by atomic mass is 10.1. The van der Waals surface area contributed by atoms with E-state index in [9.17, 15) is 0 Å². The predicted octanol–water partition coefficient (Wildman–Crippen LogP) is 2.20. The highest BCUT2D eigenvalue weighted by Gasteiger charge is 2.12. The smallest absolute Gasteiger partial charge is 0.187 e. The molecule has 0 saturated heterocycles. The summed E-state index contributed by atoms with van der Waals surface area (Å²) in [6.45, 7) is 0. The van der Waals surface area contributed by atoms with Crippen LogP contribution in [0.4, 0.5) is 5.82 Å². The Labute approximate surface area is 106 Å². The molecule has 0 bridgehead atoms. The summed E-state index contributed by atoms with van der Waals surface area (Å²) in [6.07, 6.45) is 1.51. The van der Waals surface area contributed by atoms with Crippen LogP contribution in [0, 0.1) is 0 Å². The third kappa shape index (κ3) is 2.20. The molecule has 1 N–H and O–H groups in total. The molecule has 2 rings (SSSR count). The molecule has 5 heteroatoms. The minimum atomic E-state index is 0.630. The van der Waals surface area contributed by atoms with Gasteiger partial charge in [0.05, 0.1) is 14.2 Å². The highest BCUT2D eigenvalue weighted by Crippen LogP contribution is 2.33. The first-order valence-corrected chi connectivity index (χ1v) is 5.51. The lowest BCUT2D eigenvalue weighted by Gasteiger charge is -2.11. The van der Waals surface area contributed by atoms with Crippen LogP contribution in [-0.4, -0.2) is 31.2 Å². The van der Waals surface area contributed by atoms with Gasteiger partial charge in [-0.2, -0.15) is 0 Å². The van der Waals surface area contributed by atoms with Crippen molar-refractivity contribution in [2.45, 2.75) is 0 Å². The van der Waals surface area contributed by atoms with Crippen LogP contribution in [0.15, 0.2) is 30.6 Å². The van der Waals surface area contributed by atoms with E-state index in [1.54, 1.807) is 21.3 Å². The molecule has 1 heterocycles. The molecule has 18 heavy (non-hydrogen) atoms. The van der Waals surface area contributed by atoms with Crippen molar-refractivity contribution in [2.24, 2.45) is 0 Å². The number of nitrogens with one attached hydrogen (secondary N) is 1. The van der Waals surface area contributed by atoms with Crippen LogP contribution in [0.2, 0.25) is 0 Å². The maximum Gasteiger partial charge on any atom is 0.187 e. The van der Waals surface area contributed by atoms with Gasteiger partial charge >= 0.3 is 0 Å². The van der Waals surface area contributed by atoms with Gasteiger partial charge in [-0.1, -0.05) is 0 Å². The highest BCUT2D eigenvalue weighted by molar-refractivity contribution is 5.72. The number of anilines is 1. The van der Waals surface area contributed by atoms with Crippen LogP contribution in [0.1, 0.15) is 0 Å². The van der Waals surface area contributed by atoms with E-state index in [4.69, 9.17) is 9.47 Å². The van der Waals surface area contributed by atoms with Gasteiger partial charge in [-0.15, -0.1) is 0 Å². The molecule has 1 aromatic heterocycles. The summed E-state index contributed by atoms with van der Waals surface area (Å²) in [5, 5.41) is 2.98. The fraction of sp³-hybridized carbons (Fsp3) is 0.231. The number of ether oxygens (including phenoxy) is 2. The van der Waals surface area contributed by atoms with Crippen molar-refractivity contribution >= 4 is 5.82 Å². The molecule has 5 nitrogen and oxygen atoms in total. The van der Waals surface area contributed by atoms with Crippen molar-refractivity contribution in [3.05, 3.63) is 30.6 Å². The molecule has 2 aromatic rings. The Balaban J connectivity index is 2.48. The van der Waals surface area contributed by atoms with E-state index in [0.29, 0.717) is 11.6 Å². The van der Waals surface area contributed by atoms with Gasteiger partial charge < -0.3 is 14.8 Å². The van der Waals surface area contributed by atoms with E-state index in [1.807, 2.05) is 24.3 Å². The molecule has 1 aromatic carbocycles. The molecule has 0 aliphatic heterocycles. The van der Waals surface area contributed by atoms with Gasteiger partial charge in [0.15, 0.2) is 11.6 Å². The second-order valence-corrected chi connectivity index (χ2v) is 3.58. The zero-order chi connectivity index (χ0) is 13.0. The molecule has 0 unspecified atom stereocenters. The number of hydrogen-bond donors (Lipinski definition) is 1. The normalized spacial score (nSPS) is 9.94. The molecule has 0 saturated carbocycles. The van der Waals surface area contributed by atoms with E-state index in [0.717, 1.165) is 17.0 Å². The van der Waals surface area contributed by atoms with E-state index < -0.39 is 0 Å². The quantitative estimate of drug-likeness (QED) is 0.895. The molecule has 0 aliphatic carbocycles. The highest BCUT2D eigenvalue weighted by atomic mass is 16.5. The van der Waals surface area contributed by atoms with Crippen molar-refractivity contribution in [1.29, 1.82) is 0 Å². The summed E-state index contributed by atoms with van der Waals surface area (Å²) in [5.41, 5.74) is 1.70. The lowest BCUT2D eigenvalue weighted by Crippen LogP contribution is -2.00. The SMILES string of the molecule is CNc1ncnc(-c2ccc(OC)cc2)c1OC. The van der Waals surface area contributed by atoms with Crippen molar-refractivity contribution in [2.75, 3.05) is 26.6 Å². The molecule has 94 valence electrons. The van der Waals surface area contributed by atoms with E-state index in [2.05, 4.69) is 15.3 Å². The predicted molar refractivity (Wildman–Crippen MR) is 70.1 cm³/mol. The Hall–Kier alpha value is -2.30. The molecule has 0 spiro atoms. The van der Waals surface area contributed by atoms with Gasteiger partial charge in [0, 0.05) is 12.6 Å². The average Bonchev–Trinajstić information content (AvgIpc) is 2.46. The Morgan fingerprint density at radius 1 is 1.00 bits per heavy atom. The summed E-state index contributed by atoms with van der Waals surface area (Å²) in [7, 11) is 5.04. The molecule has 0 aliphatic rings. The second-order valence-electron chi connectivity index (χ2n) is 3.58. The number of hydrogen-bond acceptors (Lipinski definition) is 5. The van der Waals surface area contributed by atoms with Gasteiger partial charge in [-0.3, -0.25) is 0 Å². The van der Waals surface area contributed by atoms with Crippen LogP contribution < -0.4 is 14.8 Å². The summed E-state index contributed by atoms with van der Waals surface area (Å²) < 4.78 is 10.5. The van der Waals surface area contributed by atoms with Crippen LogP contribution in [0.25, 0.3) is 11.3 Å². The Bertz CT molecular complexity index is 526. The van der Waals surface area contributed by atoms with Crippen molar-refractivity contribution in [3.63, 3.8) is 0 Å². The minimum absolute atomic E-state index is 0.630. The van der Waals surface area contributed by atoms with Gasteiger partial charge in [-0.25, -0.2) is 9.97 Å². The average molecular weight is 245 g/mol. The van der Waals surface area contributed by atoms with Crippen molar-refractivity contribution < 1.29 is 9.47 Å². The van der Waals surface area contributed by atoms with Gasteiger partial charge in [0.2, 0.25) is 0 Å². The standard InChI is InChI=1S/C13H15N3O2/c1-14-13-12(18-3)11(15-8-16-13)9-4-6-10(17-2)7-5-9/h4-8H,1-3H3,(H,14,15,16). The van der Waals surface area contributed by atoms with E-state index >= 15 is 0 Å². The zero-order valence-corrected chi connectivity index (χ0v) is 10.6. The first-order valence-electron chi connectivity index (χ1n) is 5.51. The number of methoxy groups -OCH3 is 2. The second kappa shape index (κ2) is 5.35. The van der Waals surface area contributed by atoms with E-state index in [1.165, 1.54) is 6.33 Å². The molecule has 0 amide bonds. The maximum absolute atomic E-state index is 5.36.